The van der Waals surface area contributed by atoms with Gasteiger partial charge >= 0.3 is 0 Å². The second kappa shape index (κ2) is 17.0. The second-order valence-corrected chi connectivity index (χ2v) is 12.2. The van der Waals surface area contributed by atoms with Crippen molar-refractivity contribution in [3.05, 3.63) is 119 Å². The zero-order valence-electron chi connectivity index (χ0n) is 27.0. The number of carbonyl (C=O) groups excluding carboxylic acids is 3. The Balaban J connectivity index is 1.23. The molecule has 0 bridgehead atoms. The smallest absolute Gasteiger partial charge is 0.272 e. The molecular formula is C37H34N4O6S2. The van der Waals surface area contributed by atoms with Crippen LogP contribution in [-0.2, 0) is 9.59 Å². The third kappa shape index (κ3) is 9.72. The topological polar surface area (TPSA) is 128 Å². The quantitative estimate of drug-likeness (QED) is 0.0813. The Morgan fingerprint density at radius 2 is 1.63 bits per heavy atom. The minimum absolute atomic E-state index is 0.0200. The van der Waals surface area contributed by atoms with Crippen LogP contribution in [-0.4, -0.2) is 49.3 Å². The minimum Gasteiger partial charge on any atom is -0.494 e. The van der Waals surface area contributed by atoms with Gasteiger partial charge in [0.05, 0.1) is 32.3 Å². The molecule has 0 aliphatic rings. The van der Waals surface area contributed by atoms with Crippen molar-refractivity contribution in [3.8, 4) is 28.5 Å². The fourth-order valence-electron chi connectivity index (χ4n) is 4.57. The first kappa shape index (κ1) is 34.7. The molecule has 5 rings (SSSR count). The lowest BCUT2D eigenvalue weighted by molar-refractivity contribution is -0.114. The predicted octanol–water partition coefficient (Wildman–Crippen LogP) is 7.37. The van der Waals surface area contributed by atoms with Gasteiger partial charge in [0.2, 0.25) is 5.91 Å². The highest BCUT2D eigenvalue weighted by Gasteiger charge is 2.17. The highest BCUT2D eigenvalue weighted by atomic mass is 32.2. The minimum atomic E-state index is -0.536. The molecular weight excluding hydrogens is 661 g/mol. The summed E-state index contributed by atoms with van der Waals surface area (Å²) in [6.45, 7) is 2.53. The largest absolute Gasteiger partial charge is 0.494 e. The van der Waals surface area contributed by atoms with Crippen LogP contribution in [0.4, 0.5) is 10.8 Å². The fourth-order valence-corrected chi connectivity index (χ4v) is 6.06. The summed E-state index contributed by atoms with van der Waals surface area (Å²) in [4.78, 5) is 44.7. The van der Waals surface area contributed by atoms with Gasteiger partial charge in [-0.25, -0.2) is 4.98 Å². The van der Waals surface area contributed by atoms with Crippen LogP contribution < -0.4 is 30.2 Å². The summed E-state index contributed by atoms with van der Waals surface area (Å²) < 4.78 is 16.2. The third-order valence-corrected chi connectivity index (χ3v) is 8.67. The van der Waals surface area contributed by atoms with E-state index in [1.807, 2.05) is 42.6 Å². The zero-order valence-corrected chi connectivity index (χ0v) is 28.7. The molecule has 49 heavy (non-hydrogen) atoms. The lowest BCUT2D eigenvalue weighted by Gasteiger charge is -2.13. The second-order valence-electron chi connectivity index (χ2n) is 10.3. The Morgan fingerprint density at radius 3 is 2.37 bits per heavy atom. The number of aromatic nitrogens is 1. The Labute approximate surface area is 292 Å². The van der Waals surface area contributed by atoms with E-state index in [0.717, 1.165) is 21.9 Å². The molecule has 0 fully saturated rings. The van der Waals surface area contributed by atoms with Gasteiger partial charge in [-0.2, -0.15) is 0 Å². The van der Waals surface area contributed by atoms with Crippen molar-refractivity contribution in [2.45, 2.75) is 11.8 Å². The van der Waals surface area contributed by atoms with Crippen molar-refractivity contribution in [1.29, 1.82) is 0 Å². The number of amides is 3. The lowest BCUT2D eigenvalue weighted by Crippen LogP contribution is -2.30. The Bertz CT molecular complexity index is 1940. The van der Waals surface area contributed by atoms with Crippen LogP contribution in [0.25, 0.3) is 17.3 Å². The van der Waals surface area contributed by atoms with Gasteiger partial charge in [0.25, 0.3) is 11.8 Å². The molecule has 5 aromatic rings. The van der Waals surface area contributed by atoms with Crippen molar-refractivity contribution in [3.63, 3.8) is 0 Å². The van der Waals surface area contributed by atoms with E-state index >= 15 is 0 Å². The molecule has 4 aromatic carbocycles. The summed E-state index contributed by atoms with van der Waals surface area (Å²) in [6.07, 6.45) is 1.56. The SMILES string of the molecule is CCOc1ccc(-c2csc(NC(=O)CSc3cccc(NC(=O)/C(=C\c4ccc(OC)c(OC)c4)NC(=O)c4ccccc4)c3)n2)cc1. The molecule has 1 aromatic heterocycles. The van der Waals surface area contributed by atoms with Crippen LogP contribution in [0.15, 0.2) is 113 Å². The molecule has 0 saturated heterocycles. The standard InChI is InChI=1S/C37H34N4O6S2/c1-4-47-28-16-14-25(15-17-28)31-22-49-37(40-31)41-34(42)23-48-29-12-8-11-27(21-29)38-36(44)30(39-35(43)26-9-6-5-7-10-26)19-24-13-18-32(45-2)33(20-24)46-3/h5-22H,4,23H2,1-3H3,(H,38,44)(H,39,43)(H,40,41,42)/b30-19+. The monoisotopic (exact) mass is 694 g/mol. The van der Waals surface area contributed by atoms with Gasteiger partial charge in [-0.05, 0) is 85.3 Å². The molecule has 250 valence electrons. The van der Waals surface area contributed by atoms with E-state index in [4.69, 9.17) is 14.2 Å². The highest BCUT2D eigenvalue weighted by molar-refractivity contribution is 8.00. The first-order valence-electron chi connectivity index (χ1n) is 15.2. The number of thioether (sulfide) groups is 1. The van der Waals surface area contributed by atoms with E-state index in [2.05, 4.69) is 20.9 Å². The van der Waals surface area contributed by atoms with E-state index in [1.165, 1.54) is 37.3 Å². The lowest BCUT2D eigenvalue weighted by atomic mass is 10.1. The number of nitrogens with zero attached hydrogens (tertiary/aromatic N) is 1. The number of hydrogen-bond donors (Lipinski definition) is 3. The summed E-state index contributed by atoms with van der Waals surface area (Å²) in [6, 6.07) is 28.5. The van der Waals surface area contributed by atoms with E-state index in [-0.39, 0.29) is 17.4 Å². The maximum Gasteiger partial charge on any atom is 0.272 e. The van der Waals surface area contributed by atoms with Crippen LogP contribution in [0.1, 0.15) is 22.8 Å². The average Bonchev–Trinajstić information content (AvgIpc) is 3.59. The van der Waals surface area contributed by atoms with Gasteiger partial charge < -0.3 is 30.2 Å². The molecule has 10 nitrogen and oxygen atoms in total. The van der Waals surface area contributed by atoms with Crippen LogP contribution in [0.3, 0.4) is 0 Å². The van der Waals surface area contributed by atoms with Crippen molar-refractivity contribution in [1.82, 2.24) is 10.3 Å². The maximum atomic E-state index is 13.6. The predicted molar refractivity (Wildman–Crippen MR) is 195 cm³/mol. The van der Waals surface area contributed by atoms with Crippen LogP contribution in [0, 0.1) is 0 Å². The molecule has 0 aliphatic heterocycles. The fraction of sp³-hybridized carbons (Fsp3) is 0.135. The molecule has 0 spiro atoms. The van der Waals surface area contributed by atoms with Gasteiger partial charge in [-0.1, -0.05) is 30.3 Å². The van der Waals surface area contributed by atoms with Gasteiger partial charge in [-0.15, -0.1) is 23.1 Å². The number of rotatable bonds is 14. The highest BCUT2D eigenvalue weighted by Crippen LogP contribution is 2.29. The van der Waals surface area contributed by atoms with Gasteiger partial charge in [0.15, 0.2) is 16.6 Å². The van der Waals surface area contributed by atoms with Gasteiger partial charge in [0.1, 0.15) is 11.4 Å². The number of benzene rings is 4. The number of anilines is 2. The maximum absolute atomic E-state index is 13.6. The first-order valence-corrected chi connectivity index (χ1v) is 17.0. The van der Waals surface area contributed by atoms with E-state index in [0.29, 0.717) is 40.1 Å². The molecule has 0 radical (unpaired) electrons. The third-order valence-electron chi connectivity index (χ3n) is 6.92. The van der Waals surface area contributed by atoms with Crippen molar-refractivity contribution >= 4 is 57.7 Å². The Kier molecular flexibility index (Phi) is 12.0. The number of thiazole rings is 1. The average molecular weight is 695 g/mol. The van der Waals surface area contributed by atoms with Crippen molar-refractivity contribution < 1.29 is 28.6 Å². The van der Waals surface area contributed by atoms with Crippen LogP contribution in [0.2, 0.25) is 0 Å². The number of carbonyl (C=O) groups is 3. The van der Waals surface area contributed by atoms with Gasteiger partial charge in [0, 0.05) is 27.1 Å². The summed E-state index contributed by atoms with van der Waals surface area (Å²) >= 11 is 2.66. The molecule has 0 atom stereocenters. The molecule has 0 unspecified atom stereocenters. The van der Waals surface area contributed by atoms with E-state index in [9.17, 15) is 14.4 Å². The first-order chi connectivity index (χ1) is 23.8. The number of methoxy groups -OCH3 is 2. The molecule has 3 N–H and O–H groups in total. The van der Waals surface area contributed by atoms with Crippen molar-refractivity contribution in [2.24, 2.45) is 0 Å². The molecule has 0 saturated carbocycles. The molecule has 1 heterocycles. The normalized spacial score (nSPS) is 11.0. The Hall–Kier alpha value is -5.59. The van der Waals surface area contributed by atoms with Crippen LogP contribution >= 0.6 is 23.1 Å². The van der Waals surface area contributed by atoms with Crippen molar-refractivity contribution in [2.75, 3.05) is 37.2 Å². The summed E-state index contributed by atoms with van der Waals surface area (Å²) in [5.74, 6) is 0.736. The van der Waals surface area contributed by atoms with Gasteiger partial charge in [-0.3, -0.25) is 14.4 Å². The van der Waals surface area contributed by atoms with E-state index in [1.54, 1.807) is 72.8 Å². The summed E-state index contributed by atoms with van der Waals surface area (Å²) in [5.41, 5.74) is 3.21. The number of nitrogens with one attached hydrogen (secondary N) is 3. The summed E-state index contributed by atoms with van der Waals surface area (Å²) in [5, 5.41) is 10.8. The molecule has 12 heteroatoms. The van der Waals surface area contributed by atoms with Crippen LogP contribution in [0.5, 0.6) is 17.2 Å². The molecule has 0 aliphatic carbocycles. The summed E-state index contributed by atoms with van der Waals surface area (Å²) in [7, 11) is 3.05. The number of ether oxygens (including phenoxy) is 3. The zero-order chi connectivity index (χ0) is 34.6. The molecule has 3 amide bonds. The Morgan fingerprint density at radius 1 is 0.857 bits per heavy atom. The van der Waals surface area contributed by atoms with E-state index < -0.39 is 11.8 Å². The number of hydrogen-bond acceptors (Lipinski definition) is 9.